The van der Waals surface area contributed by atoms with E-state index in [1.165, 1.54) is 19.2 Å². The standard InChI is InChI=1S/C9H9N3O5S/c1-17-9(13)12-8-10-5-3-2-4-6(7(5)11-8)18(14,15)16/h2-4H,1H3,(H,14,15,16)(H2,10,11,12,13). The van der Waals surface area contributed by atoms with Crippen LogP contribution in [0, 0.1) is 0 Å². The summed E-state index contributed by atoms with van der Waals surface area (Å²) >= 11 is 0. The van der Waals surface area contributed by atoms with Crippen LogP contribution in [0.5, 0.6) is 0 Å². The molecule has 2 rings (SSSR count). The largest absolute Gasteiger partial charge is 0.453 e. The van der Waals surface area contributed by atoms with Crippen molar-refractivity contribution in [1.82, 2.24) is 9.97 Å². The molecule has 1 amide bonds. The summed E-state index contributed by atoms with van der Waals surface area (Å²) in [6.45, 7) is 0. The van der Waals surface area contributed by atoms with Gasteiger partial charge in [0.25, 0.3) is 10.1 Å². The van der Waals surface area contributed by atoms with E-state index in [-0.39, 0.29) is 16.4 Å². The Morgan fingerprint density at radius 3 is 2.83 bits per heavy atom. The van der Waals surface area contributed by atoms with Gasteiger partial charge >= 0.3 is 6.09 Å². The van der Waals surface area contributed by atoms with Gasteiger partial charge in [0.1, 0.15) is 10.4 Å². The fourth-order valence-electron chi connectivity index (χ4n) is 1.42. The van der Waals surface area contributed by atoms with Crippen LogP contribution in [-0.2, 0) is 14.9 Å². The van der Waals surface area contributed by atoms with Crippen molar-refractivity contribution in [1.29, 1.82) is 0 Å². The Hall–Kier alpha value is -2.13. The number of rotatable bonds is 2. The molecule has 0 aliphatic carbocycles. The van der Waals surface area contributed by atoms with Gasteiger partial charge in [-0.1, -0.05) is 6.07 Å². The molecule has 0 bridgehead atoms. The molecule has 8 nitrogen and oxygen atoms in total. The van der Waals surface area contributed by atoms with Crippen molar-refractivity contribution in [2.24, 2.45) is 0 Å². The number of hydrogen-bond donors (Lipinski definition) is 3. The third-order valence-corrected chi connectivity index (χ3v) is 3.04. The number of benzene rings is 1. The smallest absolute Gasteiger partial charge is 0.413 e. The van der Waals surface area contributed by atoms with Crippen molar-refractivity contribution in [3.63, 3.8) is 0 Å². The summed E-state index contributed by atoms with van der Waals surface area (Å²) in [6, 6.07) is 4.20. The lowest BCUT2D eigenvalue weighted by Crippen LogP contribution is -2.11. The maximum atomic E-state index is 11.1. The second kappa shape index (κ2) is 4.27. The molecule has 3 N–H and O–H groups in total. The van der Waals surface area contributed by atoms with Gasteiger partial charge in [-0.2, -0.15) is 8.42 Å². The highest BCUT2D eigenvalue weighted by Crippen LogP contribution is 2.22. The van der Waals surface area contributed by atoms with Gasteiger partial charge in [-0.3, -0.25) is 9.87 Å². The number of nitrogens with zero attached hydrogens (tertiary/aromatic N) is 1. The Balaban J connectivity index is 2.55. The van der Waals surface area contributed by atoms with E-state index in [4.69, 9.17) is 4.55 Å². The van der Waals surface area contributed by atoms with Crippen LogP contribution in [0.2, 0.25) is 0 Å². The predicted molar refractivity (Wildman–Crippen MR) is 61.9 cm³/mol. The van der Waals surface area contributed by atoms with Gasteiger partial charge in [0.2, 0.25) is 5.95 Å². The van der Waals surface area contributed by atoms with E-state index < -0.39 is 16.2 Å². The van der Waals surface area contributed by atoms with Gasteiger partial charge in [-0.05, 0) is 12.1 Å². The second-order valence-electron chi connectivity index (χ2n) is 3.33. The Kier molecular flexibility index (Phi) is 2.93. The normalized spacial score (nSPS) is 11.4. The zero-order chi connectivity index (χ0) is 13.3. The molecule has 0 radical (unpaired) electrons. The third kappa shape index (κ3) is 2.26. The second-order valence-corrected chi connectivity index (χ2v) is 4.72. The number of aromatic nitrogens is 2. The number of methoxy groups -OCH3 is 1. The number of hydrogen-bond acceptors (Lipinski definition) is 5. The number of carbonyl (C=O) groups excluding carboxylic acids is 1. The minimum absolute atomic E-state index is 0.0213. The number of aromatic amines is 1. The van der Waals surface area contributed by atoms with E-state index in [0.717, 1.165) is 0 Å². The molecule has 0 unspecified atom stereocenters. The Morgan fingerprint density at radius 2 is 2.22 bits per heavy atom. The van der Waals surface area contributed by atoms with Gasteiger partial charge in [0.15, 0.2) is 0 Å². The molecule has 96 valence electrons. The first-order valence-corrected chi connectivity index (χ1v) is 6.17. The first-order valence-electron chi connectivity index (χ1n) is 4.73. The Bertz CT molecular complexity index is 706. The van der Waals surface area contributed by atoms with Crippen LogP contribution in [0.4, 0.5) is 10.7 Å². The fourth-order valence-corrected chi connectivity index (χ4v) is 2.07. The van der Waals surface area contributed by atoms with Crippen molar-refractivity contribution in [2.75, 3.05) is 12.4 Å². The monoisotopic (exact) mass is 271 g/mol. The summed E-state index contributed by atoms with van der Waals surface area (Å²) in [5.74, 6) is 0.0213. The van der Waals surface area contributed by atoms with Crippen LogP contribution in [-0.4, -0.2) is 36.1 Å². The summed E-state index contributed by atoms with van der Waals surface area (Å²) < 4.78 is 35.6. The van der Waals surface area contributed by atoms with E-state index in [9.17, 15) is 13.2 Å². The molecule has 0 aliphatic heterocycles. The Labute approximate surface area is 102 Å². The molecule has 18 heavy (non-hydrogen) atoms. The molecular weight excluding hydrogens is 262 g/mol. The number of para-hydroxylation sites is 1. The quantitative estimate of drug-likeness (QED) is 0.700. The number of anilines is 1. The number of imidazole rings is 1. The number of fused-ring (bicyclic) bond motifs is 1. The van der Waals surface area contributed by atoms with E-state index in [1.807, 2.05) is 0 Å². The van der Waals surface area contributed by atoms with E-state index in [0.29, 0.717) is 5.52 Å². The SMILES string of the molecule is COC(=O)Nc1nc2c(S(=O)(=O)O)cccc2[nH]1. The molecule has 0 saturated carbocycles. The Morgan fingerprint density at radius 1 is 1.50 bits per heavy atom. The number of H-pyrrole nitrogens is 1. The van der Waals surface area contributed by atoms with Crippen LogP contribution >= 0.6 is 0 Å². The maximum Gasteiger partial charge on any atom is 0.413 e. The van der Waals surface area contributed by atoms with Crippen LogP contribution in [0.3, 0.4) is 0 Å². The molecular formula is C9H9N3O5S. The molecule has 2 aromatic rings. The summed E-state index contributed by atoms with van der Waals surface area (Å²) in [4.78, 5) is 17.2. The lowest BCUT2D eigenvalue weighted by Gasteiger charge is -1.97. The number of amides is 1. The number of ether oxygens (including phenoxy) is 1. The van der Waals surface area contributed by atoms with Crippen LogP contribution in [0.25, 0.3) is 11.0 Å². The van der Waals surface area contributed by atoms with Crippen molar-refractivity contribution >= 4 is 33.2 Å². The van der Waals surface area contributed by atoms with Gasteiger partial charge < -0.3 is 9.72 Å². The van der Waals surface area contributed by atoms with Crippen LogP contribution in [0.15, 0.2) is 23.1 Å². The van der Waals surface area contributed by atoms with Gasteiger partial charge in [0.05, 0.1) is 12.6 Å². The fraction of sp³-hybridized carbons (Fsp3) is 0.111. The summed E-state index contributed by atoms with van der Waals surface area (Å²) in [5, 5.41) is 2.26. The number of carbonyl (C=O) groups is 1. The van der Waals surface area contributed by atoms with Crippen molar-refractivity contribution in [3.8, 4) is 0 Å². The summed E-state index contributed by atoms with van der Waals surface area (Å²) in [5.41, 5.74) is 0.392. The molecule has 0 fully saturated rings. The third-order valence-electron chi connectivity index (χ3n) is 2.16. The zero-order valence-corrected chi connectivity index (χ0v) is 9.98. The molecule has 1 aromatic heterocycles. The lowest BCUT2D eigenvalue weighted by atomic mass is 10.3. The van der Waals surface area contributed by atoms with Gasteiger partial charge in [0, 0.05) is 0 Å². The van der Waals surface area contributed by atoms with Crippen LogP contribution < -0.4 is 5.32 Å². The van der Waals surface area contributed by atoms with Crippen molar-refractivity contribution < 1.29 is 22.5 Å². The zero-order valence-electron chi connectivity index (χ0n) is 9.17. The molecule has 0 atom stereocenters. The average molecular weight is 271 g/mol. The van der Waals surface area contributed by atoms with Gasteiger partial charge in [-0.15, -0.1) is 0 Å². The summed E-state index contributed by atoms with van der Waals surface area (Å²) in [6.07, 6.45) is -0.748. The topological polar surface area (TPSA) is 121 Å². The van der Waals surface area contributed by atoms with Gasteiger partial charge in [-0.25, -0.2) is 9.78 Å². The molecule has 0 spiro atoms. The first kappa shape index (κ1) is 12.3. The number of nitrogens with one attached hydrogen (secondary N) is 2. The minimum atomic E-state index is -4.38. The van der Waals surface area contributed by atoms with Crippen molar-refractivity contribution in [3.05, 3.63) is 18.2 Å². The predicted octanol–water partition coefficient (Wildman–Crippen LogP) is 0.988. The molecule has 0 saturated heterocycles. The first-order chi connectivity index (χ1) is 8.41. The molecule has 0 aliphatic rings. The highest BCUT2D eigenvalue weighted by molar-refractivity contribution is 7.86. The summed E-state index contributed by atoms with van der Waals surface area (Å²) in [7, 11) is -3.19. The van der Waals surface area contributed by atoms with E-state index >= 15 is 0 Å². The van der Waals surface area contributed by atoms with E-state index in [1.54, 1.807) is 6.07 Å². The van der Waals surface area contributed by atoms with E-state index in [2.05, 4.69) is 20.0 Å². The minimum Gasteiger partial charge on any atom is -0.453 e. The van der Waals surface area contributed by atoms with Crippen molar-refractivity contribution in [2.45, 2.75) is 4.90 Å². The highest BCUT2D eigenvalue weighted by Gasteiger charge is 2.17. The molecule has 1 aromatic carbocycles. The lowest BCUT2D eigenvalue weighted by molar-refractivity contribution is 0.186. The molecule has 1 heterocycles. The van der Waals surface area contributed by atoms with Crippen LogP contribution in [0.1, 0.15) is 0 Å². The molecule has 9 heteroatoms. The highest BCUT2D eigenvalue weighted by atomic mass is 32.2. The average Bonchev–Trinajstić information content (AvgIpc) is 2.68. The maximum absolute atomic E-state index is 11.1.